The van der Waals surface area contributed by atoms with Crippen LogP contribution in [0.4, 0.5) is 13.2 Å². The molecule has 0 radical (unpaired) electrons. The van der Waals surface area contributed by atoms with Crippen molar-refractivity contribution in [3.63, 3.8) is 0 Å². The summed E-state index contributed by atoms with van der Waals surface area (Å²) in [5.74, 6) is -0.591. The van der Waals surface area contributed by atoms with Gasteiger partial charge in [-0.15, -0.1) is 0 Å². The van der Waals surface area contributed by atoms with Crippen LogP contribution < -0.4 is 16.6 Å². The second-order valence-corrected chi connectivity index (χ2v) is 8.07. The van der Waals surface area contributed by atoms with Gasteiger partial charge in [0.1, 0.15) is 11.4 Å². The van der Waals surface area contributed by atoms with Crippen LogP contribution in [0, 0.1) is 5.92 Å². The molecule has 2 N–H and O–H groups in total. The van der Waals surface area contributed by atoms with Crippen molar-refractivity contribution in [2.45, 2.75) is 26.1 Å². The minimum absolute atomic E-state index is 0.00337. The van der Waals surface area contributed by atoms with Crippen LogP contribution in [0.1, 0.15) is 30.0 Å². The van der Waals surface area contributed by atoms with Crippen molar-refractivity contribution in [2.75, 3.05) is 6.61 Å². The Morgan fingerprint density at radius 1 is 1.26 bits per heavy atom. The topological polar surface area (TPSA) is 106 Å². The number of carbonyl (C=O) groups is 1. The molecule has 0 aliphatic carbocycles. The standard InChI is InChI=1S/C19H19F3N4O4S/c1-9(2)12(8-27)23-17(29)16-11-6-10(4-5-13(11)31-24-16)26-15(28)7-14(19(20,21)22)25(3)18(26)30/h4-7,9,12,27H,8H2,1-3H3,(H,23,29). The molecule has 3 aromatic rings. The molecule has 166 valence electrons. The van der Waals surface area contributed by atoms with E-state index in [1.54, 1.807) is 0 Å². The van der Waals surface area contributed by atoms with Crippen LogP contribution >= 0.6 is 11.5 Å². The normalized spacial score (nSPS) is 13.0. The quantitative estimate of drug-likeness (QED) is 0.610. The van der Waals surface area contributed by atoms with E-state index in [-0.39, 0.29) is 23.9 Å². The average Bonchev–Trinajstić information content (AvgIpc) is 3.11. The van der Waals surface area contributed by atoms with Crippen LogP contribution in [0.3, 0.4) is 0 Å². The summed E-state index contributed by atoms with van der Waals surface area (Å²) in [4.78, 5) is 37.5. The van der Waals surface area contributed by atoms with Gasteiger partial charge in [0, 0.05) is 18.5 Å². The van der Waals surface area contributed by atoms with Crippen LogP contribution in [-0.4, -0.2) is 37.2 Å². The zero-order valence-corrected chi connectivity index (χ0v) is 17.5. The summed E-state index contributed by atoms with van der Waals surface area (Å²) in [7, 11) is 0.922. The van der Waals surface area contributed by atoms with E-state index >= 15 is 0 Å². The maximum Gasteiger partial charge on any atom is 0.431 e. The van der Waals surface area contributed by atoms with Gasteiger partial charge >= 0.3 is 11.9 Å². The number of alkyl halides is 3. The lowest BCUT2D eigenvalue weighted by atomic mass is 10.1. The Kier molecular flexibility index (Phi) is 6.05. The smallest absolute Gasteiger partial charge is 0.394 e. The SMILES string of the molecule is CC(C)C(CO)NC(=O)c1nsc2ccc(-n3c(=O)cc(C(F)(F)F)n(C)c3=O)cc12. The molecule has 0 saturated carbocycles. The molecule has 31 heavy (non-hydrogen) atoms. The van der Waals surface area contributed by atoms with Gasteiger partial charge in [0.25, 0.3) is 11.5 Å². The molecule has 0 fully saturated rings. The first-order valence-corrected chi connectivity index (χ1v) is 9.94. The fraction of sp³-hybridized carbons (Fsp3) is 0.368. The van der Waals surface area contributed by atoms with E-state index < -0.39 is 35.1 Å². The van der Waals surface area contributed by atoms with Crippen molar-refractivity contribution in [1.82, 2.24) is 18.8 Å². The number of nitrogens with one attached hydrogen (secondary N) is 1. The Labute approximate surface area is 177 Å². The number of fused-ring (bicyclic) bond motifs is 1. The van der Waals surface area contributed by atoms with Gasteiger partial charge < -0.3 is 10.4 Å². The molecule has 1 atom stereocenters. The lowest BCUT2D eigenvalue weighted by Gasteiger charge is -2.19. The summed E-state index contributed by atoms with van der Waals surface area (Å²) in [5, 5.41) is 12.4. The first kappa shape index (κ1) is 22.7. The number of aliphatic hydroxyl groups is 1. The minimum Gasteiger partial charge on any atom is -0.394 e. The van der Waals surface area contributed by atoms with Gasteiger partial charge in [0.05, 0.1) is 23.0 Å². The van der Waals surface area contributed by atoms with E-state index in [1.807, 2.05) is 13.8 Å². The van der Waals surface area contributed by atoms with Crippen molar-refractivity contribution in [1.29, 1.82) is 0 Å². The van der Waals surface area contributed by atoms with Gasteiger partial charge in [-0.1, -0.05) is 13.8 Å². The summed E-state index contributed by atoms with van der Waals surface area (Å²) in [5.41, 5.74) is -3.65. The highest BCUT2D eigenvalue weighted by Crippen LogP contribution is 2.28. The van der Waals surface area contributed by atoms with E-state index in [0.29, 0.717) is 25.3 Å². The highest BCUT2D eigenvalue weighted by atomic mass is 32.1. The van der Waals surface area contributed by atoms with Gasteiger partial charge in [0.15, 0.2) is 0 Å². The number of aliphatic hydroxyl groups excluding tert-OH is 1. The molecule has 0 aliphatic heterocycles. The molecule has 2 aromatic heterocycles. The molecule has 1 amide bonds. The predicted octanol–water partition coefficient (Wildman–Crippen LogP) is 1.91. The van der Waals surface area contributed by atoms with E-state index in [4.69, 9.17) is 0 Å². The molecule has 0 saturated heterocycles. The van der Waals surface area contributed by atoms with Crippen LogP contribution in [-0.2, 0) is 13.2 Å². The summed E-state index contributed by atoms with van der Waals surface area (Å²) in [6.07, 6.45) is -4.86. The lowest BCUT2D eigenvalue weighted by Crippen LogP contribution is -2.41. The lowest BCUT2D eigenvalue weighted by molar-refractivity contribution is -0.144. The van der Waals surface area contributed by atoms with Crippen molar-refractivity contribution >= 4 is 27.5 Å². The third-order valence-corrected chi connectivity index (χ3v) is 5.68. The average molecular weight is 456 g/mol. The maximum atomic E-state index is 13.1. The van der Waals surface area contributed by atoms with Crippen molar-refractivity contribution < 1.29 is 23.1 Å². The van der Waals surface area contributed by atoms with Crippen LogP contribution in [0.5, 0.6) is 0 Å². The van der Waals surface area contributed by atoms with Crippen molar-refractivity contribution in [2.24, 2.45) is 13.0 Å². The summed E-state index contributed by atoms with van der Waals surface area (Å²) in [6.45, 7) is 3.38. The number of aromatic nitrogens is 3. The number of hydrogen-bond donors (Lipinski definition) is 2. The third kappa shape index (κ3) is 4.26. The Morgan fingerprint density at radius 3 is 2.52 bits per heavy atom. The molecule has 2 heterocycles. The molecule has 1 unspecified atom stereocenters. The number of carbonyl (C=O) groups excluding carboxylic acids is 1. The zero-order valence-electron chi connectivity index (χ0n) is 16.7. The zero-order chi connectivity index (χ0) is 23.1. The minimum atomic E-state index is -4.86. The van der Waals surface area contributed by atoms with E-state index in [0.717, 1.165) is 18.6 Å². The number of benzene rings is 1. The second kappa shape index (κ2) is 8.27. The molecule has 8 nitrogen and oxygen atoms in total. The highest BCUT2D eigenvalue weighted by molar-refractivity contribution is 7.13. The Bertz CT molecular complexity index is 1260. The van der Waals surface area contributed by atoms with Gasteiger partial charge in [0.2, 0.25) is 0 Å². The Morgan fingerprint density at radius 2 is 1.94 bits per heavy atom. The van der Waals surface area contributed by atoms with E-state index in [2.05, 4.69) is 9.69 Å². The summed E-state index contributed by atoms with van der Waals surface area (Å²) in [6, 6.07) is 4.11. The molecule has 3 rings (SSSR count). The van der Waals surface area contributed by atoms with Gasteiger partial charge in [-0.3, -0.25) is 14.2 Å². The van der Waals surface area contributed by atoms with Crippen molar-refractivity contribution in [3.8, 4) is 5.69 Å². The van der Waals surface area contributed by atoms with E-state index in [9.17, 15) is 32.7 Å². The largest absolute Gasteiger partial charge is 0.431 e. The summed E-state index contributed by atoms with van der Waals surface area (Å²) >= 11 is 1.01. The molecule has 0 spiro atoms. The van der Waals surface area contributed by atoms with E-state index in [1.165, 1.54) is 18.2 Å². The van der Waals surface area contributed by atoms with Gasteiger partial charge in [-0.05, 0) is 35.6 Å². The molecule has 0 bridgehead atoms. The Hall–Kier alpha value is -2.99. The maximum absolute atomic E-state index is 13.1. The molecule has 1 aromatic carbocycles. The Balaban J connectivity index is 2.12. The van der Waals surface area contributed by atoms with Gasteiger partial charge in [-0.25, -0.2) is 9.36 Å². The number of halogens is 3. The highest BCUT2D eigenvalue weighted by Gasteiger charge is 2.35. The molecular formula is C19H19F3N4O4S. The first-order valence-electron chi connectivity index (χ1n) is 9.17. The van der Waals surface area contributed by atoms with Crippen LogP contribution in [0.15, 0.2) is 33.9 Å². The van der Waals surface area contributed by atoms with Gasteiger partial charge in [-0.2, -0.15) is 17.5 Å². The molecule has 12 heteroatoms. The second-order valence-electron chi connectivity index (χ2n) is 7.26. The number of rotatable bonds is 5. The van der Waals surface area contributed by atoms with Crippen LogP contribution in [0.25, 0.3) is 15.8 Å². The monoisotopic (exact) mass is 456 g/mol. The summed E-state index contributed by atoms with van der Waals surface area (Å²) < 4.78 is 44.8. The number of nitrogens with zero attached hydrogens (tertiary/aromatic N) is 3. The van der Waals surface area contributed by atoms with Crippen molar-refractivity contribution in [3.05, 3.63) is 56.5 Å². The predicted molar refractivity (Wildman–Crippen MR) is 109 cm³/mol. The third-order valence-electron chi connectivity index (χ3n) is 4.86. The number of amides is 1. The molecular weight excluding hydrogens is 437 g/mol. The fourth-order valence-corrected chi connectivity index (χ4v) is 3.78. The number of hydrogen-bond acceptors (Lipinski definition) is 6. The van der Waals surface area contributed by atoms with Crippen LogP contribution in [0.2, 0.25) is 0 Å². The first-order chi connectivity index (χ1) is 14.5. The molecule has 0 aliphatic rings. The fourth-order valence-electron chi connectivity index (χ4n) is 3.02.